The van der Waals surface area contributed by atoms with Gasteiger partial charge in [0, 0.05) is 5.92 Å². The number of aryl methyl sites for hydroxylation is 1. The fourth-order valence-electron chi connectivity index (χ4n) is 1.41. The minimum Gasteiger partial charge on any atom is -0.266 e. The quantitative estimate of drug-likeness (QED) is 0.452. The summed E-state index contributed by atoms with van der Waals surface area (Å²) >= 11 is 0. The molecule has 1 rings (SSSR count). The van der Waals surface area contributed by atoms with Crippen LogP contribution in [0.25, 0.3) is 0 Å². The van der Waals surface area contributed by atoms with Crippen LogP contribution in [0, 0.1) is 25.2 Å². The van der Waals surface area contributed by atoms with Crippen molar-refractivity contribution in [3.05, 3.63) is 29.8 Å². The molecule has 0 saturated carbocycles. The van der Waals surface area contributed by atoms with Crippen molar-refractivity contribution in [2.45, 2.75) is 31.6 Å². The van der Waals surface area contributed by atoms with Crippen molar-refractivity contribution in [1.29, 1.82) is 0 Å². The standard InChI is InChI=1S/C14H18O3S/c1-4-12(2)6-5-11-17-18(15,16)14-9-7-13(3)8-10-14/h1,7-10,12H,5-6,11H2,2-3H3. The first-order chi connectivity index (χ1) is 8.45. The fourth-order valence-corrected chi connectivity index (χ4v) is 2.36. The third-order valence-electron chi connectivity index (χ3n) is 2.61. The van der Waals surface area contributed by atoms with E-state index in [1.54, 1.807) is 24.3 Å². The van der Waals surface area contributed by atoms with E-state index in [0.29, 0.717) is 6.42 Å². The van der Waals surface area contributed by atoms with Crippen molar-refractivity contribution in [3.8, 4) is 12.3 Å². The maximum atomic E-state index is 11.8. The second-order valence-corrected chi connectivity index (χ2v) is 5.91. The summed E-state index contributed by atoms with van der Waals surface area (Å²) in [6, 6.07) is 6.59. The highest BCUT2D eigenvalue weighted by Gasteiger charge is 2.14. The molecule has 0 aromatic heterocycles. The Morgan fingerprint density at radius 1 is 1.33 bits per heavy atom. The zero-order valence-corrected chi connectivity index (χ0v) is 11.5. The van der Waals surface area contributed by atoms with Gasteiger partial charge in [-0.1, -0.05) is 24.6 Å². The molecular formula is C14H18O3S. The average molecular weight is 266 g/mol. The second-order valence-electron chi connectivity index (χ2n) is 4.30. The first-order valence-corrected chi connectivity index (χ1v) is 7.29. The van der Waals surface area contributed by atoms with E-state index in [2.05, 4.69) is 5.92 Å². The molecule has 0 aliphatic rings. The Labute approximate surface area is 109 Å². The molecule has 0 aliphatic heterocycles. The van der Waals surface area contributed by atoms with Crippen LogP contribution in [0.4, 0.5) is 0 Å². The van der Waals surface area contributed by atoms with Crippen LogP contribution in [-0.4, -0.2) is 15.0 Å². The van der Waals surface area contributed by atoms with Gasteiger partial charge < -0.3 is 0 Å². The molecule has 0 heterocycles. The minimum atomic E-state index is -3.63. The van der Waals surface area contributed by atoms with E-state index in [1.165, 1.54) is 0 Å². The molecule has 98 valence electrons. The van der Waals surface area contributed by atoms with Crippen LogP contribution in [0.2, 0.25) is 0 Å². The van der Waals surface area contributed by atoms with Gasteiger partial charge in [0.2, 0.25) is 0 Å². The van der Waals surface area contributed by atoms with Crippen LogP contribution < -0.4 is 0 Å². The van der Waals surface area contributed by atoms with Gasteiger partial charge in [0.1, 0.15) is 0 Å². The van der Waals surface area contributed by atoms with Crippen LogP contribution in [0.3, 0.4) is 0 Å². The monoisotopic (exact) mass is 266 g/mol. The first-order valence-electron chi connectivity index (χ1n) is 5.88. The summed E-state index contributed by atoms with van der Waals surface area (Å²) in [6.45, 7) is 4.00. The van der Waals surface area contributed by atoms with Gasteiger partial charge in [0.25, 0.3) is 10.1 Å². The predicted octanol–water partition coefficient (Wildman–Crippen LogP) is 2.75. The number of rotatable bonds is 6. The van der Waals surface area contributed by atoms with E-state index in [9.17, 15) is 8.42 Å². The van der Waals surface area contributed by atoms with Gasteiger partial charge in [-0.3, -0.25) is 4.18 Å². The molecule has 0 radical (unpaired) electrons. The second kappa shape index (κ2) is 6.58. The Kier molecular flexibility index (Phi) is 5.39. The summed E-state index contributed by atoms with van der Waals surface area (Å²) in [6.07, 6.45) is 6.64. The number of benzene rings is 1. The topological polar surface area (TPSA) is 43.4 Å². The summed E-state index contributed by atoms with van der Waals surface area (Å²) in [5, 5.41) is 0. The van der Waals surface area contributed by atoms with Crippen molar-refractivity contribution in [2.75, 3.05) is 6.61 Å². The lowest BCUT2D eigenvalue weighted by molar-refractivity contribution is 0.303. The third kappa shape index (κ3) is 4.52. The SMILES string of the molecule is C#CC(C)CCCOS(=O)(=O)c1ccc(C)cc1. The molecule has 18 heavy (non-hydrogen) atoms. The first kappa shape index (κ1) is 14.7. The van der Waals surface area contributed by atoms with E-state index < -0.39 is 10.1 Å². The Bertz CT molecular complexity index is 509. The van der Waals surface area contributed by atoms with Crippen LogP contribution in [-0.2, 0) is 14.3 Å². The molecule has 0 N–H and O–H groups in total. The molecule has 0 aliphatic carbocycles. The van der Waals surface area contributed by atoms with Crippen LogP contribution >= 0.6 is 0 Å². The lowest BCUT2D eigenvalue weighted by atomic mass is 10.1. The molecule has 0 bridgehead atoms. The van der Waals surface area contributed by atoms with Crippen LogP contribution in [0.5, 0.6) is 0 Å². The number of terminal acetylenes is 1. The van der Waals surface area contributed by atoms with Gasteiger partial charge >= 0.3 is 0 Å². The Morgan fingerprint density at radius 3 is 2.50 bits per heavy atom. The Balaban J connectivity index is 2.51. The maximum Gasteiger partial charge on any atom is 0.296 e. The normalized spacial score (nSPS) is 12.9. The average Bonchev–Trinajstić information content (AvgIpc) is 2.35. The highest BCUT2D eigenvalue weighted by Crippen LogP contribution is 2.14. The minimum absolute atomic E-state index is 0.149. The lowest BCUT2D eigenvalue weighted by Gasteiger charge is -2.07. The zero-order valence-electron chi connectivity index (χ0n) is 10.7. The number of hydrogen-bond donors (Lipinski definition) is 0. The number of hydrogen-bond acceptors (Lipinski definition) is 3. The molecule has 0 fully saturated rings. The van der Waals surface area contributed by atoms with Gasteiger partial charge in [-0.2, -0.15) is 8.42 Å². The molecule has 1 atom stereocenters. The van der Waals surface area contributed by atoms with E-state index in [-0.39, 0.29) is 17.4 Å². The highest BCUT2D eigenvalue weighted by molar-refractivity contribution is 7.86. The van der Waals surface area contributed by atoms with Crippen molar-refractivity contribution < 1.29 is 12.6 Å². The lowest BCUT2D eigenvalue weighted by Crippen LogP contribution is -2.08. The van der Waals surface area contributed by atoms with E-state index in [1.807, 2.05) is 13.8 Å². The smallest absolute Gasteiger partial charge is 0.266 e. The van der Waals surface area contributed by atoms with Crippen molar-refractivity contribution in [1.82, 2.24) is 0 Å². The fraction of sp³-hybridized carbons (Fsp3) is 0.429. The molecule has 4 heteroatoms. The van der Waals surface area contributed by atoms with Crippen LogP contribution in [0.15, 0.2) is 29.2 Å². The Hall–Kier alpha value is -1.31. The van der Waals surface area contributed by atoms with Gasteiger partial charge in [-0.25, -0.2) is 0 Å². The third-order valence-corrected chi connectivity index (χ3v) is 3.94. The van der Waals surface area contributed by atoms with Crippen molar-refractivity contribution >= 4 is 10.1 Å². The zero-order chi connectivity index (χ0) is 13.6. The molecule has 0 spiro atoms. The van der Waals surface area contributed by atoms with Crippen molar-refractivity contribution in [2.24, 2.45) is 5.92 Å². The Morgan fingerprint density at radius 2 is 1.94 bits per heavy atom. The summed E-state index contributed by atoms with van der Waals surface area (Å²) in [5.74, 6) is 2.74. The molecule has 1 aromatic rings. The highest BCUT2D eigenvalue weighted by atomic mass is 32.2. The summed E-state index contributed by atoms with van der Waals surface area (Å²) < 4.78 is 28.5. The molecule has 3 nitrogen and oxygen atoms in total. The van der Waals surface area contributed by atoms with E-state index >= 15 is 0 Å². The van der Waals surface area contributed by atoms with Gasteiger partial charge in [0.05, 0.1) is 11.5 Å². The summed E-state index contributed by atoms with van der Waals surface area (Å²) in [4.78, 5) is 0.193. The van der Waals surface area contributed by atoms with Gasteiger partial charge in [0.15, 0.2) is 0 Å². The molecular weight excluding hydrogens is 248 g/mol. The largest absolute Gasteiger partial charge is 0.296 e. The van der Waals surface area contributed by atoms with Crippen molar-refractivity contribution in [3.63, 3.8) is 0 Å². The van der Waals surface area contributed by atoms with Gasteiger partial charge in [-0.05, 0) is 31.9 Å². The molecule has 1 aromatic carbocycles. The van der Waals surface area contributed by atoms with Crippen LogP contribution in [0.1, 0.15) is 25.3 Å². The van der Waals surface area contributed by atoms with E-state index in [0.717, 1.165) is 12.0 Å². The van der Waals surface area contributed by atoms with E-state index in [4.69, 9.17) is 10.6 Å². The molecule has 1 unspecified atom stereocenters. The molecule has 0 saturated heterocycles. The maximum absolute atomic E-state index is 11.8. The molecule has 0 amide bonds. The van der Waals surface area contributed by atoms with Gasteiger partial charge in [-0.15, -0.1) is 12.3 Å². The summed E-state index contributed by atoms with van der Waals surface area (Å²) in [5.41, 5.74) is 1.01. The predicted molar refractivity (Wildman–Crippen MR) is 71.5 cm³/mol. The summed E-state index contributed by atoms with van der Waals surface area (Å²) in [7, 11) is -3.63.